The molecule has 20 heavy (non-hydrogen) atoms. The van der Waals surface area contributed by atoms with Crippen molar-refractivity contribution in [3.05, 3.63) is 29.3 Å². The molecule has 0 aliphatic carbocycles. The molecule has 0 aliphatic heterocycles. The van der Waals surface area contributed by atoms with Crippen molar-refractivity contribution >= 4 is 29.3 Å². The highest BCUT2D eigenvalue weighted by molar-refractivity contribution is 7.97. The Labute approximate surface area is 131 Å². The van der Waals surface area contributed by atoms with Crippen LogP contribution in [0.1, 0.15) is 40.0 Å². The van der Waals surface area contributed by atoms with Crippen molar-refractivity contribution in [2.75, 3.05) is 6.54 Å². The third-order valence-electron chi connectivity index (χ3n) is 3.59. The molecule has 2 unspecified atom stereocenters. The van der Waals surface area contributed by atoms with Crippen LogP contribution < -0.4 is 4.72 Å². The monoisotopic (exact) mass is 313 g/mol. The molecule has 0 fully saturated rings. The Bertz CT molecular complexity index is 407. The van der Waals surface area contributed by atoms with Gasteiger partial charge in [0.1, 0.15) is 0 Å². The maximum absolute atomic E-state index is 12.3. The summed E-state index contributed by atoms with van der Waals surface area (Å²) in [5, 5.41) is 0.727. The lowest BCUT2D eigenvalue weighted by molar-refractivity contribution is -0.123. The Morgan fingerprint density at radius 1 is 1.30 bits per heavy atom. The smallest absolute Gasteiger partial charge is 0.150 e. The fraction of sp³-hybridized carbons (Fsp3) is 0.562. The number of halogens is 1. The van der Waals surface area contributed by atoms with E-state index in [1.54, 1.807) is 0 Å². The highest BCUT2D eigenvalue weighted by atomic mass is 35.5. The van der Waals surface area contributed by atoms with E-state index in [9.17, 15) is 4.79 Å². The molecular formula is C16H24ClNOS. The third kappa shape index (κ3) is 5.86. The van der Waals surface area contributed by atoms with E-state index in [1.807, 2.05) is 24.3 Å². The number of benzene rings is 1. The molecule has 0 aromatic heterocycles. The van der Waals surface area contributed by atoms with Gasteiger partial charge in [0.2, 0.25) is 0 Å². The minimum atomic E-state index is 0.184. The summed E-state index contributed by atoms with van der Waals surface area (Å²) in [5.41, 5.74) is 0. The van der Waals surface area contributed by atoms with Gasteiger partial charge in [-0.1, -0.05) is 45.2 Å². The summed E-state index contributed by atoms with van der Waals surface area (Å²) in [6, 6.07) is 7.60. The topological polar surface area (TPSA) is 29.1 Å². The number of hydrogen-bond acceptors (Lipinski definition) is 3. The van der Waals surface area contributed by atoms with Crippen LogP contribution in [0.3, 0.4) is 0 Å². The highest BCUT2D eigenvalue weighted by Gasteiger charge is 2.22. The van der Waals surface area contributed by atoms with Gasteiger partial charge in [-0.3, -0.25) is 9.52 Å². The zero-order valence-electron chi connectivity index (χ0n) is 12.5. The lowest BCUT2D eigenvalue weighted by atomic mass is 9.85. The maximum Gasteiger partial charge on any atom is 0.150 e. The zero-order chi connectivity index (χ0) is 15.0. The van der Waals surface area contributed by atoms with Crippen LogP contribution in [-0.4, -0.2) is 12.3 Å². The second-order valence-corrected chi connectivity index (χ2v) is 6.52. The van der Waals surface area contributed by atoms with E-state index in [2.05, 4.69) is 25.5 Å². The molecule has 0 saturated carbocycles. The van der Waals surface area contributed by atoms with E-state index in [4.69, 9.17) is 11.6 Å². The van der Waals surface area contributed by atoms with E-state index in [1.165, 1.54) is 11.9 Å². The first-order valence-corrected chi connectivity index (χ1v) is 8.45. The number of carbonyl (C=O) groups is 1. The van der Waals surface area contributed by atoms with Gasteiger partial charge in [-0.25, -0.2) is 0 Å². The quantitative estimate of drug-likeness (QED) is 0.653. The fourth-order valence-corrected chi connectivity index (χ4v) is 2.96. The average molecular weight is 314 g/mol. The number of hydrogen-bond donors (Lipinski definition) is 1. The Kier molecular flexibility index (Phi) is 8.27. The first-order valence-electron chi connectivity index (χ1n) is 7.26. The van der Waals surface area contributed by atoms with Crippen molar-refractivity contribution in [1.29, 1.82) is 0 Å². The molecule has 1 aromatic carbocycles. The van der Waals surface area contributed by atoms with E-state index >= 15 is 0 Å². The van der Waals surface area contributed by atoms with Crippen LogP contribution in [0, 0.1) is 11.8 Å². The van der Waals surface area contributed by atoms with Gasteiger partial charge >= 0.3 is 0 Å². The molecule has 0 radical (unpaired) electrons. The van der Waals surface area contributed by atoms with Crippen LogP contribution in [0.15, 0.2) is 29.2 Å². The molecule has 0 amide bonds. The van der Waals surface area contributed by atoms with E-state index in [-0.39, 0.29) is 5.92 Å². The van der Waals surface area contributed by atoms with Crippen LogP contribution in [-0.2, 0) is 4.79 Å². The summed E-state index contributed by atoms with van der Waals surface area (Å²) in [4.78, 5) is 13.3. The molecule has 0 saturated heterocycles. The van der Waals surface area contributed by atoms with E-state index < -0.39 is 0 Å². The summed E-state index contributed by atoms with van der Waals surface area (Å²) in [7, 11) is 0. The summed E-state index contributed by atoms with van der Waals surface area (Å²) in [6.07, 6.45) is 3.10. The summed E-state index contributed by atoms with van der Waals surface area (Å²) in [5.74, 6) is 0.968. The Morgan fingerprint density at radius 3 is 2.50 bits per heavy atom. The van der Waals surface area contributed by atoms with Crippen molar-refractivity contribution in [3.8, 4) is 0 Å². The fourth-order valence-electron chi connectivity index (χ4n) is 2.18. The third-order valence-corrected chi connectivity index (χ3v) is 4.64. The van der Waals surface area contributed by atoms with E-state index in [0.717, 1.165) is 29.2 Å². The number of Topliss-reactive ketones (excluding diaryl/α,β-unsaturated/α-hetero) is 1. The predicted molar refractivity (Wildman–Crippen MR) is 88.2 cm³/mol. The van der Waals surface area contributed by atoms with Crippen LogP contribution >= 0.6 is 23.5 Å². The molecule has 4 heteroatoms. The number of rotatable bonds is 9. The van der Waals surface area contributed by atoms with Crippen LogP contribution in [0.2, 0.25) is 5.02 Å². The molecule has 0 aliphatic rings. The van der Waals surface area contributed by atoms with Gasteiger partial charge in [-0.15, -0.1) is 0 Å². The number of carbonyl (C=O) groups excluding carboxylic acids is 1. The molecule has 1 rings (SSSR count). The first-order chi connectivity index (χ1) is 9.58. The second kappa shape index (κ2) is 9.43. The lowest BCUT2D eigenvalue weighted by Gasteiger charge is -2.21. The minimum absolute atomic E-state index is 0.184. The summed E-state index contributed by atoms with van der Waals surface area (Å²) in [6.45, 7) is 6.88. The molecule has 112 valence electrons. The Morgan fingerprint density at radius 2 is 1.95 bits per heavy atom. The molecule has 1 N–H and O–H groups in total. The highest BCUT2D eigenvalue weighted by Crippen LogP contribution is 2.22. The van der Waals surface area contributed by atoms with Crippen LogP contribution in [0.5, 0.6) is 0 Å². The first kappa shape index (κ1) is 17.5. The van der Waals surface area contributed by atoms with Gasteiger partial charge in [0.05, 0.1) is 6.54 Å². The largest absolute Gasteiger partial charge is 0.298 e. The van der Waals surface area contributed by atoms with Crippen LogP contribution in [0.25, 0.3) is 0 Å². The van der Waals surface area contributed by atoms with Gasteiger partial charge < -0.3 is 0 Å². The van der Waals surface area contributed by atoms with Gasteiger partial charge in [0.25, 0.3) is 0 Å². The summed E-state index contributed by atoms with van der Waals surface area (Å²) < 4.78 is 3.16. The zero-order valence-corrected chi connectivity index (χ0v) is 14.1. The maximum atomic E-state index is 12.3. The van der Waals surface area contributed by atoms with Gasteiger partial charge in [-0.2, -0.15) is 0 Å². The number of ketones is 1. The van der Waals surface area contributed by atoms with Crippen molar-refractivity contribution in [2.45, 2.75) is 44.9 Å². The van der Waals surface area contributed by atoms with Crippen molar-refractivity contribution in [2.24, 2.45) is 11.8 Å². The molecule has 1 aromatic rings. The summed E-state index contributed by atoms with van der Waals surface area (Å²) >= 11 is 7.32. The molecule has 2 nitrogen and oxygen atoms in total. The molecule has 0 bridgehead atoms. The number of nitrogens with one attached hydrogen (secondary N) is 1. The molecule has 0 heterocycles. The molecule has 0 spiro atoms. The SMILES string of the molecule is CCCC(C(=O)CNSc1ccc(Cl)cc1)C(C)CC. The van der Waals surface area contributed by atoms with E-state index in [0.29, 0.717) is 18.2 Å². The predicted octanol–water partition coefficient (Wildman–Crippen LogP) is 4.97. The minimum Gasteiger partial charge on any atom is -0.298 e. The van der Waals surface area contributed by atoms with Gasteiger partial charge in [0, 0.05) is 15.8 Å². The van der Waals surface area contributed by atoms with Crippen LogP contribution in [0.4, 0.5) is 0 Å². The van der Waals surface area contributed by atoms with Crippen molar-refractivity contribution < 1.29 is 4.79 Å². The second-order valence-electron chi connectivity index (χ2n) is 5.12. The average Bonchev–Trinajstić information content (AvgIpc) is 2.46. The lowest BCUT2D eigenvalue weighted by Crippen LogP contribution is -2.29. The standard InChI is InChI=1S/C16H24ClNOS/c1-4-6-15(12(3)5-2)16(19)11-18-20-14-9-7-13(17)8-10-14/h7-10,12,15,18H,4-6,11H2,1-3H3. The van der Waals surface area contributed by atoms with Crippen molar-refractivity contribution in [1.82, 2.24) is 4.72 Å². The molecule has 2 atom stereocenters. The normalized spacial score (nSPS) is 14.0. The Balaban J connectivity index is 2.42. The van der Waals surface area contributed by atoms with Crippen molar-refractivity contribution in [3.63, 3.8) is 0 Å². The Hall–Kier alpha value is -0.510. The van der Waals surface area contributed by atoms with Gasteiger partial charge in [-0.05, 0) is 48.6 Å². The molecular weight excluding hydrogens is 290 g/mol. The van der Waals surface area contributed by atoms with Gasteiger partial charge in [0.15, 0.2) is 5.78 Å².